The van der Waals surface area contributed by atoms with E-state index in [2.05, 4.69) is 56.1 Å². The van der Waals surface area contributed by atoms with E-state index in [4.69, 9.17) is 0 Å². The molecule has 0 radical (unpaired) electrons. The predicted molar refractivity (Wildman–Crippen MR) is 120 cm³/mol. The number of fused-ring (bicyclic) bond motifs is 3. The van der Waals surface area contributed by atoms with Crippen molar-refractivity contribution in [3.63, 3.8) is 0 Å². The highest BCUT2D eigenvalue weighted by molar-refractivity contribution is 7.98. The Hall–Kier alpha value is -2.60. The zero-order valence-electron chi connectivity index (χ0n) is 17.8. The molecule has 5 nitrogen and oxygen atoms in total. The van der Waals surface area contributed by atoms with Crippen LogP contribution in [0.15, 0.2) is 46.1 Å². The van der Waals surface area contributed by atoms with Crippen molar-refractivity contribution in [3.05, 3.63) is 69.3 Å². The molecular weight excluding hydrogens is 380 g/mol. The average molecular weight is 407 g/mol. The molecule has 4 rings (SSSR count). The molecule has 0 aliphatic carbocycles. The van der Waals surface area contributed by atoms with Crippen LogP contribution in [-0.4, -0.2) is 19.2 Å². The second-order valence-corrected chi connectivity index (χ2v) is 9.67. The minimum Gasteiger partial charge on any atom is -0.279 e. The number of nitrogens with zero attached hydrogens (tertiary/aromatic N) is 4. The molecule has 0 amide bonds. The van der Waals surface area contributed by atoms with E-state index in [9.17, 15) is 4.79 Å². The van der Waals surface area contributed by atoms with Crippen molar-refractivity contribution in [2.24, 2.45) is 7.05 Å². The van der Waals surface area contributed by atoms with Crippen LogP contribution in [0, 0.1) is 13.8 Å². The third-order valence-electron chi connectivity index (χ3n) is 5.35. The molecule has 29 heavy (non-hydrogen) atoms. The second-order valence-electron chi connectivity index (χ2n) is 8.66. The molecule has 6 heteroatoms. The van der Waals surface area contributed by atoms with Gasteiger partial charge >= 0.3 is 0 Å². The maximum absolute atomic E-state index is 12.7. The lowest BCUT2D eigenvalue weighted by atomic mass is 9.87. The number of thioether (sulfide) groups is 1. The molecule has 0 atom stereocenters. The summed E-state index contributed by atoms with van der Waals surface area (Å²) in [7, 11) is 1.75. The molecule has 2 heterocycles. The molecule has 2 aromatic heterocycles. The Morgan fingerprint density at radius 1 is 1.03 bits per heavy atom. The Morgan fingerprint density at radius 2 is 1.79 bits per heavy atom. The molecule has 0 spiro atoms. The van der Waals surface area contributed by atoms with Gasteiger partial charge in [0.05, 0.1) is 16.7 Å². The van der Waals surface area contributed by atoms with Crippen LogP contribution in [0.4, 0.5) is 0 Å². The van der Waals surface area contributed by atoms with Crippen LogP contribution in [0.1, 0.15) is 43.3 Å². The third kappa shape index (κ3) is 3.46. The van der Waals surface area contributed by atoms with Gasteiger partial charge in [-0.15, -0.1) is 22.0 Å². The summed E-state index contributed by atoms with van der Waals surface area (Å²) in [5.41, 5.74) is 4.56. The molecule has 0 fully saturated rings. The van der Waals surface area contributed by atoms with Crippen LogP contribution in [0.2, 0.25) is 0 Å². The Kier molecular flexibility index (Phi) is 4.77. The highest BCUT2D eigenvalue weighted by atomic mass is 32.2. The quantitative estimate of drug-likeness (QED) is 0.459. The number of rotatable bonds is 3. The van der Waals surface area contributed by atoms with Crippen molar-refractivity contribution in [1.82, 2.24) is 19.2 Å². The average Bonchev–Trinajstić information content (AvgIpc) is 3.08. The monoisotopic (exact) mass is 406 g/mol. The molecule has 0 bridgehead atoms. The molecule has 150 valence electrons. The van der Waals surface area contributed by atoms with Gasteiger partial charge in [-0.05, 0) is 48.6 Å². The first-order valence-corrected chi connectivity index (χ1v) is 10.7. The van der Waals surface area contributed by atoms with Gasteiger partial charge in [0.25, 0.3) is 5.56 Å². The Balaban J connectivity index is 1.79. The Bertz CT molecular complexity index is 1290. The topological polar surface area (TPSA) is 52.2 Å². The molecule has 4 aromatic rings. The van der Waals surface area contributed by atoms with Gasteiger partial charge in [-0.3, -0.25) is 13.8 Å². The number of aryl methyl sites for hydroxylation is 3. The summed E-state index contributed by atoms with van der Waals surface area (Å²) in [6, 6.07) is 12.6. The maximum Gasteiger partial charge on any atom is 0.262 e. The van der Waals surface area contributed by atoms with Gasteiger partial charge in [0.2, 0.25) is 5.78 Å². The predicted octanol–water partition coefficient (Wildman–Crippen LogP) is 4.79. The normalized spacial score (nSPS) is 12.2. The number of hydrogen-bond donors (Lipinski definition) is 0. The summed E-state index contributed by atoms with van der Waals surface area (Å²) >= 11 is 1.76. The van der Waals surface area contributed by atoms with Crippen molar-refractivity contribution < 1.29 is 0 Å². The molecule has 0 aliphatic heterocycles. The lowest BCUT2D eigenvalue weighted by Gasteiger charge is -2.20. The number of hydrogen-bond acceptors (Lipinski definition) is 4. The van der Waals surface area contributed by atoms with E-state index in [1.54, 1.807) is 23.4 Å². The standard InChI is InChI=1S/C23H26N4OS/c1-14-7-10-18-17(11-14)21(28)26(6)22-25-24-20(27(18)22)13-29-19-12-16(23(3,4)5)9-8-15(19)2/h7-12H,13H2,1-6H3. The van der Waals surface area contributed by atoms with Crippen LogP contribution in [-0.2, 0) is 18.2 Å². The SMILES string of the molecule is Cc1ccc2c(c1)c(=O)n(C)c1nnc(CSc3cc(C(C)(C)C)ccc3C)n21. The zero-order chi connectivity index (χ0) is 20.9. The van der Waals surface area contributed by atoms with Crippen molar-refractivity contribution in [2.75, 3.05) is 0 Å². The molecule has 0 N–H and O–H groups in total. The molecular formula is C23H26N4OS. The van der Waals surface area contributed by atoms with E-state index in [0.717, 1.165) is 16.9 Å². The van der Waals surface area contributed by atoms with E-state index < -0.39 is 0 Å². The first-order chi connectivity index (χ1) is 13.7. The van der Waals surface area contributed by atoms with Gasteiger partial charge in [-0.1, -0.05) is 44.5 Å². The molecule has 0 saturated carbocycles. The highest BCUT2D eigenvalue weighted by Gasteiger charge is 2.17. The minimum atomic E-state index is -0.0449. The fraction of sp³-hybridized carbons (Fsp3) is 0.348. The zero-order valence-corrected chi connectivity index (χ0v) is 18.6. The summed E-state index contributed by atoms with van der Waals surface area (Å²) in [6.45, 7) is 10.8. The number of benzene rings is 2. The van der Waals surface area contributed by atoms with Gasteiger partial charge < -0.3 is 0 Å². The molecule has 0 saturated heterocycles. The van der Waals surface area contributed by atoms with Crippen molar-refractivity contribution in [2.45, 2.75) is 50.7 Å². The summed E-state index contributed by atoms with van der Waals surface area (Å²) in [4.78, 5) is 14.0. The lowest BCUT2D eigenvalue weighted by molar-refractivity contribution is 0.588. The third-order valence-corrected chi connectivity index (χ3v) is 6.51. The minimum absolute atomic E-state index is 0.0449. The van der Waals surface area contributed by atoms with Crippen LogP contribution in [0.25, 0.3) is 16.7 Å². The van der Waals surface area contributed by atoms with E-state index in [-0.39, 0.29) is 11.0 Å². The van der Waals surface area contributed by atoms with Gasteiger partial charge in [-0.25, -0.2) is 0 Å². The summed E-state index contributed by atoms with van der Waals surface area (Å²) < 4.78 is 3.58. The Morgan fingerprint density at radius 3 is 2.52 bits per heavy atom. The van der Waals surface area contributed by atoms with Gasteiger partial charge in [-0.2, -0.15) is 0 Å². The first-order valence-electron chi connectivity index (χ1n) is 9.74. The smallest absolute Gasteiger partial charge is 0.262 e. The fourth-order valence-electron chi connectivity index (χ4n) is 3.52. The van der Waals surface area contributed by atoms with E-state index in [0.29, 0.717) is 16.9 Å². The van der Waals surface area contributed by atoms with Crippen LogP contribution >= 0.6 is 11.8 Å². The van der Waals surface area contributed by atoms with Gasteiger partial charge in [0.15, 0.2) is 0 Å². The fourth-order valence-corrected chi connectivity index (χ4v) is 4.49. The number of aromatic nitrogens is 4. The van der Waals surface area contributed by atoms with Crippen LogP contribution in [0.3, 0.4) is 0 Å². The Labute approximate surface area is 174 Å². The summed E-state index contributed by atoms with van der Waals surface area (Å²) in [5.74, 6) is 2.09. The summed E-state index contributed by atoms with van der Waals surface area (Å²) in [5, 5.41) is 9.42. The van der Waals surface area contributed by atoms with Crippen molar-refractivity contribution in [3.8, 4) is 0 Å². The van der Waals surface area contributed by atoms with Crippen LogP contribution < -0.4 is 5.56 Å². The largest absolute Gasteiger partial charge is 0.279 e. The van der Waals surface area contributed by atoms with Crippen LogP contribution in [0.5, 0.6) is 0 Å². The van der Waals surface area contributed by atoms with Gasteiger partial charge in [0, 0.05) is 11.9 Å². The van der Waals surface area contributed by atoms with Crippen molar-refractivity contribution in [1.29, 1.82) is 0 Å². The van der Waals surface area contributed by atoms with E-state index in [1.807, 2.05) is 29.5 Å². The van der Waals surface area contributed by atoms with Gasteiger partial charge in [0.1, 0.15) is 5.82 Å². The molecule has 0 unspecified atom stereocenters. The maximum atomic E-state index is 12.7. The first kappa shape index (κ1) is 19.7. The highest BCUT2D eigenvalue weighted by Crippen LogP contribution is 2.31. The molecule has 0 aliphatic rings. The molecule has 2 aromatic carbocycles. The van der Waals surface area contributed by atoms with E-state index >= 15 is 0 Å². The second kappa shape index (κ2) is 7.02. The lowest BCUT2D eigenvalue weighted by Crippen LogP contribution is -2.20. The van der Waals surface area contributed by atoms with E-state index in [1.165, 1.54) is 16.0 Å². The van der Waals surface area contributed by atoms with Crippen molar-refractivity contribution >= 4 is 28.4 Å². The summed E-state index contributed by atoms with van der Waals surface area (Å²) in [6.07, 6.45) is 0.